The third-order valence-electron chi connectivity index (χ3n) is 5.67. The molecule has 0 aliphatic heterocycles. The number of rotatable bonds is 7. The number of aryl methyl sites for hydroxylation is 1. The number of hydrazone groups is 1. The van der Waals surface area contributed by atoms with Crippen LogP contribution < -0.4 is 9.73 Å². The van der Waals surface area contributed by atoms with Crippen molar-refractivity contribution in [2.75, 3.05) is 17.1 Å². The van der Waals surface area contributed by atoms with E-state index in [1.54, 1.807) is 24.3 Å². The highest BCUT2D eigenvalue weighted by molar-refractivity contribution is 7.92. The summed E-state index contributed by atoms with van der Waals surface area (Å²) in [6, 6.07) is 20.7. The van der Waals surface area contributed by atoms with Gasteiger partial charge in [0, 0.05) is 28.0 Å². The highest BCUT2D eigenvalue weighted by Gasteiger charge is 2.22. The zero-order valence-electron chi connectivity index (χ0n) is 19.6. The van der Waals surface area contributed by atoms with E-state index < -0.39 is 22.5 Å². The van der Waals surface area contributed by atoms with Crippen LogP contribution in [-0.2, 0) is 14.8 Å². The van der Waals surface area contributed by atoms with Gasteiger partial charge in [0.2, 0.25) is 10.0 Å². The summed E-state index contributed by atoms with van der Waals surface area (Å²) in [7, 11) is -3.73. The van der Waals surface area contributed by atoms with E-state index in [2.05, 4.69) is 10.5 Å². The molecule has 0 aliphatic rings. The summed E-state index contributed by atoms with van der Waals surface area (Å²) in [4.78, 5) is 12.6. The topological polar surface area (TPSA) is 83.8 Å². The van der Waals surface area contributed by atoms with Crippen molar-refractivity contribution in [2.24, 2.45) is 5.10 Å². The highest BCUT2D eigenvalue weighted by atomic mass is 32.2. The summed E-state index contributed by atoms with van der Waals surface area (Å²) in [6.07, 6.45) is 2.57. The average molecular weight is 493 g/mol. The molecule has 0 fully saturated rings. The second-order valence-electron chi connectivity index (χ2n) is 8.20. The molecule has 1 amide bonds. The van der Waals surface area contributed by atoms with Crippen LogP contribution in [0, 0.1) is 19.7 Å². The van der Waals surface area contributed by atoms with Crippen LogP contribution in [0.4, 0.5) is 10.1 Å². The normalized spacial score (nSPS) is 11.8. The van der Waals surface area contributed by atoms with Crippen LogP contribution in [0.15, 0.2) is 77.9 Å². The number of nitrogens with one attached hydrogen (secondary N) is 1. The van der Waals surface area contributed by atoms with Crippen LogP contribution in [0.2, 0.25) is 0 Å². The number of carbonyl (C=O) groups excluding carboxylic acids is 1. The van der Waals surface area contributed by atoms with Gasteiger partial charge in [0.05, 0.1) is 18.2 Å². The number of carbonyl (C=O) groups is 1. The summed E-state index contributed by atoms with van der Waals surface area (Å²) in [5.74, 6) is -0.890. The lowest BCUT2D eigenvalue weighted by Crippen LogP contribution is -2.39. The number of nitrogens with zero attached hydrogens (tertiary/aromatic N) is 3. The molecule has 9 heteroatoms. The monoisotopic (exact) mass is 492 g/mol. The van der Waals surface area contributed by atoms with E-state index in [0.717, 1.165) is 44.0 Å². The van der Waals surface area contributed by atoms with E-state index in [4.69, 9.17) is 0 Å². The van der Waals surface area contributed by atoms with Crippen LogP contribution >= 0.6 is 0 Å². The number of aromatic nitrogens is 1. The molecule has 180 valence electrons. The molecule has 0 atom stereocenters. The first-order valence-electron chi connectivity index (χ1n) is 10.9. The molecular weight excluding hydrogens is 467 g/mol. The number of benzene rings is 3. The standard InChI is InChI=1S/C26H25FN4O3S/c1-18-15-21(19(2)31(18)23-13-11-22(27)12-14-23)16-28-29-26(32)17-30(35(3,33)34)25-10-6-8-20-7-4-5-9-24(20)25/h4-16H,17H2,1-3H3,(H,29,32)/b28-16-. The number of anilines is 1. The molecule has 1 N–H and O–H groups in total. The van der Waals surface area contributed by atoms with Gasteiger partial charge in [0.25, 0.3) is 5.91 Å². The fraction of sp³-hybridized carbons (Fsp3) is 0.154. The molecule has 0 saturated carbocycles. The maximum Gasteiger partial charge on any atom is 0.260 e. The van der Waals surface area contributed by atoms with Crippen LogP contribution in [0.3, 0.4) is 0 Å². The predicted molar refractivity (Wildman–Crippen MR) is 137 cm³/mol. The number of amides is 1. The molecule has 0 aliphatic carbocycles. The summed E-state index contributed by atoms with van der Waals surface area (Å²) in [6.45, 7) is 3.39. The molecule has 4 aromatic rings. The van der Waals surface area contributed by atoms with Crippen molar-refractivity contribution < 1.29 is 17.6 Å². The minimum absolute atomic E-state index is 0.313. The Morgan fingerprint density at radius 1 is 1.06 bits per heavy atom. The molecule has 1 heterocycles. The SMILES string of the molecule is Cc1cc(/C=N\NC(=O)CN(c2cccc3ccccc23)S(C)(=O)=O)c(C)n1-c1ccc(F)cc1. The van der Waals surface area contributed by atoms with Gasteiger partial charge in [-0.2, -0.15) is 5.10 Å². The molecule has 1 aromatic heterocycles. The Morgan fingerprint density at radius 2 is 1.74 bits per heavy atom. The minimum atomic E-state index is -3.73. The van der Waals surface area contributed by atoms with Crippen molar-refractivity contribution in [3.8, 4) is 5.69 Å². The lowest BCUT2D eigenvalue weighted by Gasteiger charge is -2.23. The van der Waals surface area contributed by atoms with Gasteiger partial charge in [0.1, 0.15) is 12.4 Å². The van der Waals surface area contributed by atoms with Gasteiger partial charge in [-0.05, 0) is 55.6 Å². The quantitative estimate of drug-likeness (QED) is 0.308. The van der Waals surface area contributed by atoms with Gasteiger partial charge in [-0.3, -0.25) is 9.10 Å². The smallest absolute Gasteiger partial charge is 0.260 e. The lowest BCUT2D eigenvalue weighted by molar-refractivity contribution is -0.119. The molecule has 0 bridgehead atoms. The van der Waals surface area contributed by atoms with Crippen LogP contribution in [0.5, 0.6) is 0 Å². The molecule has 7 nitrogen and oxygen atoms in total. The molecule has 4 rings (SSSR count). The van der Waals surface area contributed by atoms with Gasteiger partial charge < -0.3 is 4.57 Å². The van der Waals surface area contributed by atoms with Crippen LogP contribution in [0.1, 0.15) is 17.0 Å². The molecule has 0 radical (unpaired) electrons. The minimum Gasteiger partial charge on any atom is -0.318 e. The third kappa shape index (κ3) is 5.25. The van der Waals surface area contributed by atoms with Gasteiger partial charge in [0.15, 0.2) is 0 Å². The van der Waals surface area contributed by atoms with Crippen LogP contribution in [-0.4, -0.2) is 37.9 Å². The van der Waals surface area contributed by atoms with E-state index in [1.165, 1.54) is 18.3 Å². The van der Waals surface area contributed by atoms with E-state index in [1.807, 2.05) is 54.8 Å². The second-order valence-corrected chi connectivity index (χ2v) is 10.1. The van der Waals surface area contributed by atoms with E-state index >= 15 is 0 Å². The molecule has 3 aromatic carbocycles. The highest BCUT2D eigenvalue weighted by Crippen LogP contribution is 2.28. The Balaban J connectivity index is 1.52. The van der Waals surface area contributed by atoms with Gasteiger partial charge in [-0.15, -0.1) is 0 Å². The van der Waals surface area contributed by atoms with Gasteiger partial charge in [-0.25, -0.2) is 18.2 Å². The molecule has 0 spiro atoms. The predicted octanol–water partition coefficient (Wildman–Crippen LogP) is 4.30. The largest absolute Gasteiger partial charge is 0.318 e. The van der Waals surface area contributed by atoms with Gasteiger partial charge >= 0.3 is 0 Å². The first-order chi connectivity index (χ1) is 16.6. The summed E-state index contributed by atoms with van der Waals surface area (Å²) in [5.41, 5.74) is 6.20. The number of hydrogen-bond donors (Lipinski definition) is 1. The number of hydrogen-bond acceptors (Lipinski definition) is 4. The Bertz CT molecular complexity index is 1520. The van der Waals surface area contributed by atoms with Crippen molar-refractivity contribution in [3.05, 3.63) is 95.6 Å². The molecule has 35 heavy (non-hydrogen) atoms. The maximum absolute atomic E-state index is 13.3. The molecular formula is C26H25FN4O3S. The average Bonchev–Trinajstić information content (AvgIpc) is 3.10. The van der Waals surface area contributed by atoms with Crippen molar-refractivity contribution in [1.82, 2.24) is 9.99 Å². The maximum atomic E-state index is 13.3. The number of fused-ring (bicyclic) bond motifs is 1. The lowest BCUT2D eigenvalue weighted by atomic mass is 10.1. The number of sulfonamides is 1. The second kappa shape index (κ2) is 9.71. The summed E-state index contributed by atoms with van der Waals surface area (Å²) in [5, 5.41) is 5.63. The van der Waals surface area contributed by atoms with E-state index in [-0.39, 0.29) is 5.82 Å². The zero-order valence-corrected chi connectivity index (χ0v) is 20.4. The van der Waals surface area contributed by atoms with E-state index in [0.29, 0.717) is 5.69 Å². The van der Waals surface area contributed by atoms with Crippen molar-refractivity contribution in [2.45, 2.75) is 13.8 Å². The summed E-state index contributed by atoms with van der Waals surface area (Å²) >= 11 is 0. The Labute approximate surface area is 203 Å². The van der Waals surface area contributed by atoms with Crippen molar-refractivity contribution in [1.29, 1.82) is 0 Å². The van der Waals surface area contributed by atoms with Crippen molar-refractivity contribution >= 4 is 38.6 Å². The fourth-order valence-electron chi connectivity index (χ4n) is 4.05. The first kappa shape index (κ1) is 24.2. The Morgan fingerprint density at radius 3 is 2.46 bits per heavy atom. The van der Waals surface area contributed by atoms with Gasteiger partial charge in [-0.1, -0.05) is 36.4 Å². The van der Waals surface area contributed by atoms with Crippen molar-refractivity contribution in [3.63, 3.8) is 0 Å². The van der Waals surface area contributed by atoms with E-state index in [9.17, 15) is 17.6 Å². The Kier molecular flexibility index (Phi) is 6.70. The first-order valence-corrected chi connectivity index (χ1v) is 12.7. The Hall–Kier alpha value is -3.98. The zero-order chi connectivity index (χ0) is 25.2. The van der Waals surface area contributed by atoms with Crippen LogP contribution in [0.25, 0.3) is 16.5 Å². The third-order valence-corrected chi connectivity index (χ3v) is 6.80. The fourth-order valence-corrected chi connectivity index (χ4v) is 4.92. The molecule has 0 unspecified atom stereocenters. The summed E-state index contributed by atoms with van der Waals surface area (Å²) < 4.78 is 41.4. The number of halogens is 1. The molecule has 0 saturated heterocycles.